The van der Waals surface area contributed by atoms with Gasteiger partial charge in [0.2, 0.25) is 0 Å². The molecule has 6 nitrogen and oxygen atoms in total. The highest BCUT2D eigenvalue weighted by atomic mass is 32.1. The van der Waals surface area contributed by atoms with Gasteiger partial charge in [-0.15, -0.1) is 11.3 Å². The van der Waals surface area contributed by atoms with Crippen LogP contribution >= 0.6 is 11.3 Å². The fourth-order valence-corrected chi connectivity index (χ4v) is 5.02. The number of piperidine rings is 1. The number of carbonyl (C=O) groups is 1. The SMILES string of the molecule is CN/C=C(\N)C1CC(c2sc(C(F)(F)F)cc2CCO)CC(C)N1C(=O)C(F)(F)F.CO. The van der Waals surface area contributed by atoms with Crippen LogP contribution in [0.25, 0.3) is 0 Å². The third kappa shape index (κ3) is 6.51. The fourth-order valence-electron chi connectivity index (χ4n) is 3.82. The van der Waals surface area contributed by atoms with Crippen molar-refractivity contribution in [2.45, 2.75) is 56.5 Å². The van der Waals surface area contributed by atoms with Crippen LogP contribution in [0, 0.1) is 0 Å². The van der Waals surface area contributed by atoms with Gasteiger partial charge in [0.05, 0.1) is 6.04 Å². The zero-order valence-corrected chi connectivity index (χ0v) is 18.5. The Hall–Kier alpha value is -1.99. The Morgan fingerprint density at radius 2 is 1.88 bits per heavy atom. The predicted molar refractivity (Wildman–Crippen MR) is 108 cm³/mol. The molecule has 1 aliphatic rings. The number of halogens is 6. The summed E-state index contributed by atoms with van der Waals surface area (Å²) in [6.45, 7) is 1.05. The lowest BCUT2D eigenvalue weighted by atomic mass is 9.83. The lowest BCUT2D eigenvalue weighted by Gasteiger charge is -2.44. The Morgan fingerprint density at radius 1 is 1.28 bits per heavy atom. The second-order valence-electron chi connectivity index (χ2n) is 7.15. The molecule has 184 valence electrons. The molecule has 0 radical (unpaired) electrons. The van der Waals surface area contributed by atoms with Gasteiger partial charge in [-0.2, -0.15) is 26.3 Å². The molecule has 0 bridgehead atoms. The van der Waals surface area contributed by atoms with Crippen LogP contribution in [0.4, 0.5) is 26.3 Å². The molecule has 0 spiro atoms. The van der Waals surface area contributed by atoms with Crippen LogP contribution in [0.3, 0.4) is 0 Å². The van der Waals surface area contributed by atoms with Crippen LogP contribution < -0.4 is 11.1 Å². The molecule has 1 aromatic heterocycles. The molecule has 5 N–H and O–H groups in total. The zero-order valence-electron chi connectivity index (χ0n) is 17.7. The summed E-state index contributed by atoms with van der Waals surface area (Å²) in [5, 5.41) is 18.8. The van der Waals surface area contributed by atoms with Crippen molar-refractivity contribution in [2.24, 2.45) is 5.73 Å². The summed E-state index contributed by atoms with van der Waals surface area (Å²) < 4.78 is 79.0. The number of likely N-dealkylation sites (tertiary alicyclic amines) is 1. The second kappa shape index (κ2) is 11.2. The molecule has 1 fully saturated rings. The van der Waals surface area contributed by atoms with Gasteiger partial charge in [0.25, 0.3) is 0 Å². The Kier molecular flexibility index (Phi) is 9.85. The second-order valence-corrected chi connectivity index (χ2v) is 8.23. The molecule has 0 saturated carbocycles. The maximum atomic E-state index is 13.2. The summed E-state index contributed by atoms with van der Waals surface area (Å²) in [6, 6.07) is -1.08. The first-order valence-corrected chi connectivity index (χ1v) is 10.4. The first-order valence-electron chi connectivity index (χ1n) is 9.58. The van der Waals surface area contributed by atoms with E-state index >= 15 is 0 Å². The Morgan fingerprint density at radius 3 is 2.34 bits per heavy atom. The van der Waals surface area contributed by atoms with Gasteiger partial charge in [-0.3, -0.25) is 4.79 Å². The van der Waals surface area contributed by atoms with Gasteiger partial charge in [-0.05, 0) is 43.7 Å². The van der Waals surface area contributed by atoms with E-state index in [2.05, 4.69) is 5.32 Å². The highest BCUT2D eigenvalue weighted by Crippen LogP contribution is 2.45. The molecule has 2 rings (SSSR count). The molecule has 0 aromatic carbocycles. The number of hydrogen-bond donors (Lipinski definition) is 4. The third-order valence-corrected chi connectivity index (χ3v) is 6.37. The van der Waals surface area contributed by atoms with Gasteiger partial charge in [0.15, 0.2) is 0 Å². The van der Waals surface area contributed by atoms with Gasteiger partial charge in [0.1, 0.15) is 4.88 Å². The molecule has 1 aromatic rings. The normalized spacial score (nSPS) is 22.3. The van der Waals surface area contributed by atoms with Gasteiger partial charge in [0, 0.05) is 43.6 Å². The number of rotatable bonds is 5. The molecule has 1 amide bonds. The van der Waals surface area contributed by atoms with Crippen molar-refractivity contribution in [1.82, 2.24) is 10.2 Å². The molecule has 3 atom stereocenters. The molecule has 13 heteroatoms. The van der Waals surface area contributed by atoms with Crippen LogP contribution in [0.1, 0.15) is 41.0 Å². The quantitative estimate of drug-likeness (QED) is 0.475. The van der Waals surface area contributed by atoms with Crippen molar-refractivity contribution in [3.8, 4) is 0 Å². The average molecular weight is 491 g/mol. The van der Waals surface area contributed by atoms with Crippen molar-refractivity contribution < 1.29 is 41.4 Å². The Bertz CT molecular complexity index is 794. The molecule has 2 heterocycles. The minimum absolute atomic E-state index is 0.00943. The summed E-state index contributed by atoms with van der Waals surface area (Å²) in [4.78, 5) is 12.2. The summed E-state index contributed by atoms with van der Waals surface area (Å²) in [5.74, 6) is -2.59. The van der Waals surface area contributed by atoms with Crippen LogP contribution in [-0.4, -0.2) is 60.0 Å². The molecular weight excluding hydrogens is 464 g/mol. The van der Waals surface area contributed by atoms with E-state index in [-0.39, 0.29) is 31.6 Å². The van der Waals surface area contributed by atoms with Crippen LogP contribution in [-0.2, 0) is 17.4 Å². The number of thiophene rings is 1. The largest absolute Gasteiger partial charge is 0.471 e. The zero-order chi connectivity index (χ0) is 24.9. The van der Waals surface area contributed by atoms with Crippen molar-refractivity contribution in [3.05, 3.63) is 33.3 Å². The number of hydrogen-bond acceptors (Lipinski definition) is 6. The van der Waals surface area contributed by atoms with Gasteiger partial charge in [-0.25, -0.2) is 0 Å². The first kappa shape index (κ1) is 28.0. The smallest absolute Gasteiger partial charge is 0.400 e. The maximum Gasteiger partial charge on any atom is 0.471 e. The molecule has 0 aliphatic carbocycles. The van der Waals surface area contributed by atoms with E-state index in [0.717, 1.165) is 13.2 Å². The van der Waals surface area contributed by atoms with Crippen molar-refractivity contribution in [3.63, 3.8) is 0 Å². The minimum Gasteiger partial charge on any atom is -0.400 e. The highest BCUT2D eigenvalue weighted by molar-refractivity contribution is 7.12. The summed E-state index contributed by atoms with van der Waals surface area (Å²) in [6.07, 6.45) is -8.44. The molecule has 3 unspecified atom stereocenters. The van der Waals surface area contributed by atoms with Crippen LogP contribution in [0.15, 0.2) is 18.0 Å². The first-order chi connectivity index (χ1) is 14.8. The van der Waals surface area contributed by atoms with Gasteiger partial charge < -0.3 is 26.2 Å². The average Bonchev–Trinajstić information content (AvgIpc) is 3.12. The van der Waals surface area contributed by atoms with Crippen LogP contribution in [0.5, 0.6) is 0 Å². The monoisotopic (exact) mass is 491 g/mol. The van der Waals surface area contributed by atoms with Crippen molar-refractivity contribution >= 4 is 17.2 Å². The van der Waals surface area contributed by atoms with E-state index in [1.54, 1.807) is 0 Å². The number of alkyl halides is 6. The number of nitrogens with one attached hydrogen (secondary N) is 1. The van der Waals surface area contributed by atoms with Crippen molar-refractivity contribution in [1.29, 1.82) is 0 Å². The number of aliphatic hydroxyl groups excluding tert-OH is 2. The summed E-state index contributed by atoms with van der Waals surface area (Å²) >= 11 is 0.520. The van der Waals surface area contributed by atoms with E-state index in [0.29, 0.717) is 26.7 Å². The molecule has 32 heavy (non-hydrogen) atoms. The van der Waals surface area contributed by atoms with E-state index in [1.807, 2.05) is 0 Å². The van der Waals surface area contributed by atoms with E-state index in [1.165, 1.54) is 20.2 Å². The molecule has 1 saturated heterocycles. The van der Waals surface area contributed by atoms with Crippen LogP contribution in [0.2, 0.25) is 0 Å². The number of amides is 1. The third-order valence-electron chi connectivity index (χ3n) is 4.99. The predicted octanol–water partition coefficient (Wildman–Crippen LogP) is 2.96. The maximum absolute atomic E-state index is 13.2. The lowest BCUT2D eigenvalue weighted by molar-refractivity contribution is -0.191. The number of aliphatic hydroxyl groups is 2. The van der Waals surface area contributed by atoms with Crippen molar-refractivity contribution in [2.75, 3.05) is 20.8 Å². The van der Waals surface area contributed by atoms with Gasteiger partial charge >= 0.3 is 18.3 Å². The Labute approximate surface area is 185 Å². The topological polar surface area (TPSA) is 98.8 Å². The minimum atomic E-state index is -5.10. The summed E-state index contributed by atoms with van der Waals surface area (Å²) in [5.41, 5.74) is 6.20. The lowest BCUT2D eigenvalue weighted by Crippen LogP contribution is -2.56. The highest BCUT2D eigenvalue weighted by Gasteiger charge is 2.49. The van der Waals surface area contributed by atoms with Gasteiger partial charge in [-0.1, -0.05) is 0 Å². The summed E-state index contributed by atoms with van der Waals surface area (Å²) in [7, 11) is 2.49. The number of nitrogens with zero attached hydrogens (tertiary/aromatic N) is 1. The Balaban J connectivity index is 0.00000249. The molecule has 1 aliphatic heterocycles. The van der Waals surface area contributed by atoms with E-state index in [9.17, 15) is 36.2 Å². The van der Waals surface area contributed by atoms with E-state index < -0.39 is 41.1 Å². The number of nitrogens with two attached hydrogens (primary N) is 1. The fraction of sp³-hybridized carbons (Fsp3) is 0.632. The standard InChI is InChI=1S/C18H23F6N3O2S.CH4O/c1-9-5-11(15-10(3-4-28)7-14(30-15)17(19,20)21)6-13(12(25)8-26-2)27(9)16(29)18(22,23)24;1-2/h7-9,11,13,26,28H,3-6,25H2,1-2H3;2H,1H3/b12-8-;. The van der Waals surface area contributed by atoms with E-state index in [4.69, 9.17) is 10.8 Å². The molecular formula is C19H27F6N3O3S. The number of carbonyl (C=O) groups excluding carboxylic acids is 1.